The van der Waals surface area contributed by atoms with Crippen LogP contribution in [0, 0.1) is 0 Å². The van der Waals surface area contributed by atoms with Crippen molar-refractivity contribution in [3.05, 3.63) is 67.6 Å². The summed E-state index contributed by atoms with van der Waals surface area (Å²) in [4.78, 5) is 51.0. The Morgan fingerprint density at radius 1 is 1.23 bits per heavy atom. The highest BCUT2D eigenvalue weighted by atomic mass is 35.5. The number of Topliss-reactive ketones (excluding diaryl/α,β-unsaturated/α-hetero) is 1. The van der Waals surface area contributed by atoms with Gasteiger partial charge in [-0.15, -0.1) is 0 Å². The molecular formula is C21H15ClN2O6. The minimum absolute atomic E-state index is 0.0157. The number of fused-ring (bicyclic) bond motifs is 3. The van der Waals surface area contributed by atoms with Crippen LogP contribution in [0.3, 0.4) is 0 Å². The van der Waals surface area contributed by atoms with Gasteiger partial charge in [-0.25, -0.2) is 4.79 Å². The summed E-state index contributed by atoms with van der Waals surface area (Å²) in [7, 11) is 0. The number of rotatable bonds is 1. The number of pyridine rings is 1. The number of aliphatic hydroxyl groups is 1. The fourth-order valence-corrected chi connectivity index (χ4v) is 4.43. The second-order valence-corrected chi connectivity index (χ2v) is 7.87. The van der Waals surface area contributed by atoms with Crippen LogP contribution in [-0.2, 0) is 33.1 Å². The maximum absolute atomic E-state index is 13.2. The van der Waals surface area contributed by atoms with Crippen LogP contribution in [0.1, 0.15) is 40.5 Å². The van der Waals surface area contributed by atoms with Crippen molar-refractivity contribution < 1.29 is 24.2 Å². The number of esters is 1. The number of halogens is 1. The minimum atomic E-state index is -2.00. The number of amides is 1. The van der Waals surface area contributed by atoms with Gasteiger partial charge >= 0.3 is 5.97 Å². The molecule has 4 heterocycles. The summed E-state index contributed by atoms with van der Waals surface area (Å²) in [6.45, 7) is 1.20. The summed E-state index contributed by atoms with van der Waals surface area (Å²) < 4.78 is 6.25. The van der Waals surface area contributed by atoms with Gasteiger partial charge in [0.25, 0.3) is 11.5 Å². The summed E-state index contributed by atoms with van der Waals surface area (Å²) in [6, 6.07) is 6.22. The number of nitrogens with one attached hydrogen (secondary N) is 1. The molecule has 8 nitrogen and oxygen atoms in total. The van der Waals surface area contributed by atoms with Crippen molar-refractivity contribution in [2.75, 3.05) is 5.32 Å². The largest absolute Gasteiger partial charge is 0.458 e. The van der Waals surface area contributed by atoms with Gasteiger partial charge in [0.1, 0.15) is 6.61 Å². The summed E-state index contributed by atoms with van der Waals surface area (Å²) >= 11 is 6.07. The first-order valence-electron chi connectivity index (χ1n) is 9.32. The van der Waals surface area contributed by atoms with E-state index in [0.717, 1.165) is 0 Å². The first kappa shape index (κ1) is 18.8. The lowest BCUT2D eigenvalue weighted by Crippen LogP contribution is -2.44. The molecule has 3 aliphatic heterocycles. The third-order valence-electron chi connectivity index (χ3n) is 5.89. The van der Waals surface area contributed by atoms with Gasteiger partial charge in [0.15, 0.2) is 5.60 Å². The molecule has 0 bridgehead atoms. The van der Waals surface area contributed by atoms with Crippen molar-refractivity contribution in [2.45, 2.75) is 32.1 Å². The fourth-order valence-electron chi connectivity index (χ4n) is 4.26. The van der Waals surface area contributed by atoms with E-state index in [0.29, 0.717) is 16.3 Å². The lowest BCUT2D eigenvalue weighted by molar-refractivity contribution is -0.172. The van der Waals surface area contributed by atoms with Crippen LogP contribution in [0.5, 0.6) is 0 Å². The Balaban J connectivity index is 1.73. The average molecular weight is 427 g/mol. The van der Waals surface area contributed by atoms with Crippen LogP contribution in [-0.4, -0.2) is 27.3 Å². The molecule has 0 unspecified atom stereocenters. The van der Waals surface area contributed by atoms with Crippen molar-refractivity contribution in [3.63, 3.8) is 0 Å². The topological polar surface area (TPSA) is 115 Å². The molecular weight excluding hydrogens is 412 g/mol. The fraction of sp³-hybridized carbons (Fsp3) is 0.238. The second-order valence-electron chi connectivity index (χ2n) is 7.43. The van der Waals surface area contributed by atoms with Crippen molar-refractivity contribution in [3.8, 4) is 0 Å². The zero-order valence-corrected chi connectivity index (χ0v) is 16.5. The number of hydrogen-bond donors (Lipinski definition) is 2. The molecule has 0 saturated heterocycles. The lowest BCUT2D eigenvalue weighted by Gasteiger charge is -2.31. The van der Waals surface area contributed by atoms with Crippen LogP contribution in [0.25, 0.3) is 5.57 Å². The monoisotopic (exact) mass is 426 g/mol. The Hall–Kier alpha value is -3.23. The predicted octanol–water partition coefficient (Wildman–Crippen LogP) is 1.76. The Labute approximate surface area is 174 Å². The van der Waals surface area contributed by atoms with Crippen molar-refractivity contribution >= 4 is 40.5 Å². The SMILES string of the molecule is CC[C@]1(O)C(=O)OCc2c1cc1n(c2=O)C/C(=C2/C(=O)Nc3ccc(Cl)cc32)C1=O. The Bertz CT molecular complexity index is 1290. The maximum atomic E-state index is 13.2. The van der Waals surface area contributed by atoms with E-state index in [-0.39, 0.29) is 47.5 Å². The number of ether oxygens (including phenoxy) is 1. The molecule has 3 aliphatic rings. The summed E-state index contributed by atoms with van der Waals surface area (Å²) in [5, 5.41) is 13.9. The molecule has 2 N–H and O–H groups in total. The average Bonchev–Trinajstić information content (AvgIpc) is 3.21. The molecule has 0 radical (unpaired) electrons. The normalized spacial score (nSPS) is 24.3. The molecule has 0 spiro atoms. The second kappa shape index (κ2) is 6.13. The Kier molecular flexibility index (Phi) is 3.84. The third kappa shape index (κ3) is 2.31. The molecule has 0 saturated carbocycles. The summed E-state index contributed by atoms with van der Waals surface area (Å²) in [5.41, 5.74) is -0.966. The number of ketones is 1. The van der Waals surface area contributed by atoms with Crippen LogP contribution in [0.2, 0.25) is 5.02 Å². The smallest absolute Gasteiger partial charge is 0.343 e. The van der Waals surface area contributed by atoms with Gasteiger partial charge in [0, 0.05) is 27.4 Å². The molecule has 1 aromatic heterocycles. The highest BCUT2D eigenvalue weighted by molar-refractivity contribution is 6.38. The van der Waals surface area contributed by atoms with Crippen LogP contribution in [0.4, 0.5) is 5.69 Å². The summed E-state index contributed by atoms with van der Waals surface area (Å²) in [6.07, 6.45) is -0.0157. The van der Waals surface area contributed by atoms with E-state index in [4.69, 9.17) is 16.3 Å². The van der Waals surface area contributed by atoms with Gasteiger partial charge in [-0.3, -0.25) is 14.4 Å². The maximum Gasteiger partial charge on any atom is 0.343 e. The van der Waals surface area contributed by atoms with E-state index in [1.807, 2.05) is 0 Å². The van der Waals surface area contributed by atoms with Gasteiger partial charge in [-0.1, -0.05) is 18.5 Å². The van der Waals surface area contributed by atoms with Crippen LogP contribution in [0.15, 0.2) is 34.6 Å². The van der Waals surface area contributed by atoms with Crippen molar-refractivity contribution in [1.29, 1.82) is 0 Å². The number of carbonyl (C=O) groups is 3. The molecule has 1 atom stereocenters. The van der Waals surface area contributed by atoms with Crippen molar-refractivity contribution in [2.24, 2.45) is 0 Å². The molecule has 9 heteroatoms. The molecule has 30 heavy (non-hydrogen) atoms. The first-order valence-corrected chi connectivity index (χ1v) is 9.70. The van der Waals surface area contributed by atoms with E-state index >= 15 is 0 Å². The molecule has 1 amide bonds. The molecule has 1 aromatic carbocycles. The van der Waals surface area contributed by atoms with Gasteiger partial charge in [0.05, 0.1) is 23.4 Å². The molecule has 152 valence electrons. The molecule has 2 aromatic rings. The quantitative estimate of drug-likeness (QED) is 0.530. The van der Waals surface area contributed by atoms with Gasteiger partial charge in [-0.2, -0.15) is 0 Å². The van der Waals surface area contributed by atoms with E-state index in [1.54, 1.807) is 25.1 Å². The van der Waals surface area contributed by atoms with E-state index < -0.39 is 28.8 Å². The summed E-state index contributed by atoms with van der Waals surface area (Å²) in [5.74, 6) is -1.82. The van der Waals surface area contributed by atoms with E-state index in [2.05, 4.69) is 5.32 Å². The number of cyclic esters (lactones) is 1. The number of nitrogens with zero attached hydrogens (tertiary/aromatic N) is 1. The predicted molar refractivity (Wildman–Crippen MR) is 106 cm³/mol. The van der Waals surface area contributed by atoms with Crippen LogP contribution >= 0.6 is 11.6 Å². The number of benzene rings is 1. The number of carbonyl (C=O) groups excluding carboxylic acids is 3. The van der Waals surface area contributed by atoms with E-state index in [1.165, 1.54) is 10.6 Å². The lowest BCUT2D eigenvalue weighted by atomic mass is 9.86. The third-order valence-corrected chi connectivity index (χ3v) is 6.13. The first-order chi connectivity index (χ1) is 14.3. The Morgan fingerprint density at radius 3 is 2.73 bits per heavy atom. The van der Waals surface area contributed by atoms with E-state index in [9.17, 15) is 24.3 Å². The highest BCUT2D eigenvalue weighted by Gasteiger charge is 2.46. The number of allylic oxidation sites excluding steroid dienone is 1. The number of aromatic nitrogens is 1. The van der Waals surface area contributed by atoms with Gasteiger partial charge in [0.2, 0.25) is 5.78 Å². The molecule has 0 aliphatic carbocycles. The number of anilines is 1. The van der Waals surface area contributed by atoms with Gasteiger partial charge < -0.3 is 19.7 Å². The number of hydrogen-bond acceptors (Lipinski definition) is 6. The Morgan fingerprint density at radius 2 is 2.00 bits per heavy atom. The minimum Gasteiger partial charge on any atom is -0.458 e. The standard InChI is InChI=1S/C21H15ClN2O6/c1-2-21(29)13-6-15-17(25)11(7-24(15)19(27)12(13)8-30-20(21)28)16-10-5-9(22)3-4-14(10)23-18(16)26/h3-6,29H,2,7-8H2,1H3,(H,23,26)/b16-11-/t21-/m1/s1. The molecule has 0 fully saturated rings. The highest BCUT2D eigenvalue weighted by Crippen LogP contribution is 2.40. The molecule has 5 rings (SSSR count). The zero-order chi connectivity index (χ0) is 21.4. The zero-order valence-electron chi connectivity index (χ0n) is 15.7. The van der Waals surface area contributed by atoms with Gasteiger partial charge in [-0.05, 0) is 30.7 Å². The van der Waals surface area contributed by atoms with Crippen LogP contribution < -0.4 is 10.9 Å². The van der Waals surface area contributed by atoms with Crippen molar-refractivity contribution in [1.82, 2.24) is 4.57 Å².